The second-order valence-corrected chi connectivity index (χ2v) is 6.41. The third-order valence-corrected chi connectivity index (χ3v) is 4.47. The van der Waals surface area contributed by atoms with Crippen molar-refractivity contribution in [3.8, 4) is 5.75 Å². The zero-order valence-electron chi connectivity index (χ0n) is 14.5. The first kappa shape index (κ1) is 18.4. The fraction of sp³-hybridized carbons (Fsp3) is 0.350. The van der Waals surface area contributed by atoms with Gasteiger partial charge < -0.3 is 20.5 Å². The highest BCUT2D eigenvalue weighted by Gasteiger charge is 2.26. The van der Waals surface area contributed by atoms with Crippen LogP contribution in [0.5, 0.6) is 5.75 Å². The van der Waals surface area contributed by atoms with Crippen molar-refractivity contribution in [1.29, 1.82) is 0 Å². The molecule has 2 aromatic rings. The Hall–Kier alpha value is -2.44. The van der Waals surface area contributed by atoms with Gasteiger partial charge in [0.1, 0.15) is 18.2 Å². The molecule has 3 rings (SSSR count). The Morgan fingerprint density at radius 1 is 1.23 bits per heavy atom. The second-order valence-electron chi connectivity index (χ2n) is 6.41. The van der Waals surface area contributed by atoms with E-state index in [1.165, 1.54) is 12.1 Å². The van der Waals surface area contributed by atoms with E-state index in [2.05, 4.69) is 5.32 Å². The Bertz CT molecular complexity index is 747. The molecule has 2 aromatic carbocycles. The van der Waals surface area contributed by atoms with Gasteiger partial charge in [0, 0.05) is 25.0 Å². The Labute approximate surface area is 152 Å². The van der Waals surface area contributed by atoms with Crippen molar-refractivity contribution in [3.63, 3.8) is 0 Å². The summed E-state index contributed by atoms with van der Waals surface area (Å²) in [5, 5.41) is 2.84. The number of benzene rings is 2. The Morgan fingerprint density at radius 2 is 2.00 bits per heavy atom. The number of amides is 1. The number of nitrogens with one attached hydrogen (secondary N) is 1. The zero-order valence-corrected chi connectivity index (χ0v) is 14.5. The van der Waals surface area contributed by atoms with Crippen LogP contribution in [0.3, 0.4) is 0 Å². The third kappa shape index (κ3) is 5.03. The van der Waals surface area contributed by atoms with E-state index in [-0.39, 0.29) is 24.2 Å². The highest BCUT2D eigenvalue weighted by molar-refractivity contribution is 5.95. The first-order valence-electron chi connectivity index (χ1n) is 8.73. The molecule has 6 heteroatoms. The molecule has 1 saturated heterocycles. The molecular weight excluding hydrogens is 335 g/mol. The molecule has 1 fully saturated rings. The summed E-state index contributed by atoms with van der Waals surface area (Å²) in [6, 6.07) is 12.8. The van der Waals surface area contributed by atoms with Gasteiger partial charge in [0.25, 0.3) is 0 Å². The molecule has 0 aromatic heterocycles. The van der Waals surface area contributed by atoms with Gasteiger partial charge in [0.2, 0.25) is 5.91 Å². The SMILES string of the molecule is NC(C(=O)Nc1cccc(OCc2cccc(F)c2)c1)C1CCOCC1. The highest BCUT2D eigenvalue weighted by Crippen LogP contribution is 2.21. The predicted octanol–water partition coefficient (Wildman–Crippen LogP) is 3.10. The van der Waals surface area contributed by atoms with Crippen LogP contribution in [0.25, 0.3) is 0 Å². The summed E-state index contributed by atoms with van der Waals surface area (Å²) in [5.74, 6) is 0.219. The summed E-state index contributed by atoms with van der Waals surface area (Å²) >= 11 is 0. The topological polar surface area (TPSA) is 73.6 Å². The van der Waals surface area contributed by atoms with E-state index in [0.717, 1.165) is 18.4 Å². The number of carbonyl (C=O) groups is 1. The van der Waals surface area contributed by atoms with Crippen molar-refractivity contribution in [2.75, 3.05) is 18.5 Å². The molecule has 0 aliphatic carbocycles. The number of anilines is 1. The van der Waals surface area contributed by atoms with Crippen molar-refractivity contribution in [2.24, 2.45) is 11.7 Å². The molecule has 3 N–H and O–H groups in total. The molecule has 0 spiro atoms. The molecule has 1 aliphatic rings. The van der Waals surface area contributed by atoms with E-state index in [4.69, 9.17) is 15.2 Å². The first-order valence-corrected chi connectivity index (χ1v) is 8.73. The number of nitrogens with two attached hydrogens (primary N) is 1. The van der Waals surface area contributed by atoms with Gasteiger partial charge in [-0.05, 0) is 48.6 Å². The average Bonchev–Trinajstić information content (AvgIpc) is 2.67. The molecule has 0 radical (unpaired) electrons. The lowest BCUT2D eigenvalue weighted by Gasteiger charge is -2.26. The maximum atomic E-state index is 13.2. The standard InChI is InChI=1S/C20H23FN2O3/c21-16-4-1-3-14(11-16)13-26-18-6-2-5-17(12-18)23-20(24)19(22)15-7-9-25-10-8-15/h1-6,11-12,15,19H,7-10,13,22H2,(H,23,24). The summed E-state index contributed by atoms with van der Waals surface area (Å²) in [4.78, 5) is 12.4. The van der Waals surface area contributed by atoms with Gasteiger partial charge >= 0.3 is 0 Å². The molecule has 5 nitrogen and oxygen atoms in total. The number of rotatable bonds is 6. The summed E-state index contributed by atoms with van der Waals surface area (Å²) in [6.45, 7) is 1.54. The van der Waals surface area contributed by atoms with Crippen molar-refractivity contribution < 1.29 is 18.7 Å². The lowest BCUT2D eigenvalue weighted by molar-refractivity contribution is -0.119. The monoisotopic (exact) mass is 358 g/mol. The lowest BCUT2D eigenvalue weighted by atomic mass is 9.92. The first-order chi connectivity index (χ1) is 12.6. The van der Waals surface area contributed by atoms with Crippen molar-refractivity contribution >= 4 is 11.6 Å². The maximum absolute atomic E-state index is 13.2. The minimum absolute atomic E-state index is 0.135. The van der Waals surface area contributed by atoms with E-state index in [0.29, 0.717) is 24.7 Å². The molecule has 1 atom stereocenters. The normalized spacial score (nSPS) is 16.1. The van der Waals surface area contributed by atoms with E-state index >= 15 is 0 Å². The molecule has 0 saturated carbocycles. The number of ether oxygens (including phenoxy) is 2. The minimum atomic E-state index is -0.559. The van der Waals surface area contributed by atoms with Gasteiger partial charge in [-0.2, -0.15) is 0 Å². The van der Waals surface area contributed by atoms with Gasteiger partial charge in [0.05, 0.1) is 6.04 Å². The Morgan fingerprint density at radius 3 is 2.77 bits per heavy atom. The van der Waals surface area contributed by atoms with Crippen LogP contribution in [-0.4, -0.2) is 25.2 Å². The second kappa shape index (κ2) is 8.78. The summed E-state index contributed by atoms with van der Waals surface area (Å²) in [5.41, 5.74) is 7.45. The smallest absolute Gasteiger partial charge is 0.241 e. The highest BCUT2D eigenvalue weighted by atomic mass is 19.1. The maximum Gasteiger partial charge on any atom is 0.241 e. The fourth-order valence-corrected chi connectivity index (χ4v) is 2.97. The Kier molecular flexibility index (Phi) is 6.20. The molecule has 1 unspecified atom stereocenters. The van der Waals surface area contributed by atoms with Crippen LogP contribution in [0, 0.1) is 11.7 Å². The number of hydrogen-bond acceptors (Lipinski definition) is 4. The Balaban J connectivity index is 1.57. The third-order valence-electron chi connectivity index (χ3n) is 4.47. The van der Waals surface area contributed by atoms with E-state index in [1.54, 1.807) is 36.4 Å². The van der Waals surface area contributed by atoms with Crippen LogP contribution >= 0.6 is 0 Å². The van der Waals surface area contributed by atoms with E-state index in [1.807, 2.05) is 0 Å². The van der Waals surface area contributed by atoms with Gasteiger partial charge in [-0.15, -0.1) is 0 Å². The molecule has 1 aliphatic heterocycles. The van der Waals surface area contributed by atoms with Crippen LogP contribution in [-0.2, 0) is 16.1 Å². The fourth-order valence-electron chi connectivity index (χ4n) is 2.97. The molecule has 1 heterocycles. The average molecular weight is 358 g/mol. The number of hydrogen-bond donors (Lipinski definition) is 2. The molecular formula is C20H23FN2O3. The van der Waals surface area contributed by atoms with Crippen LogP contribution in [0.4, 0.5) is 10.1 Å². The summed E-state index contributed by atoms with van der Waals surface area (Å²) in [6.07, 6.45) is 1.59. The van der Waals surface area contributed by atoms with E-state index < -0.39 is 6.04 Å². The molecule has 26 heavy (non-hydrogen) atoms. The predicted molar refractivity (Wildman–Crippen MR) is 97.3 cm³/mol. The van der Waals surface area contributed by atoms with Crippen LogP contribution in [0.15, 0.2) is 48.5 Å². The lowest BCUT2D eigenvalue weighted by Crippen LogP contribution is -2.43. The number of halogens is 1. The van der Waals surface area contributed by atoms with Gasteiger partial charge in [-0.3, -0.25) is 4.79 Å². The molecule has 138 valence electrons. The van der Waals surface area contributed by atoms with Gasteiger partial charge in [-0.1, -0.05) is 18.2 Å². The van der Waals surface area contributed by atoms with Gasteiger partial charge in [-0.25, -0.2) is 4.39 Å². The van der Waals surface area contributed by atoms with Crippen molar-refractivity contribution in [1.82, 2.24) is 0 Å². The van der Waals surface area contributed by atoms with Crippen molar-refractivity contribution in [2.45, 2.75) is 25.5 Å². The molecule has 0 bridgehead atoms. The quantitative estimate of drug-likeness (QED) is 0.832. The molecule has 1 amide bonds. The van der Waals surface area contributed by atoms with Crippen molar-refractivity contribution in [3.05, 3.63) is 59.9 Å². The summed E-state index contributed by atoms with van der Waals surface area (Å²) < 4.78 is 24.2. The minimum Gasteiger partial charge on any atom is -0.489 e. The summed E-state index contributed by atoms with van der Waals surface area (Å²) in [7, 11) is 0. The van der Waals surface area contributed by atoms with Crippen LogP contribution in [0.2, 0.25) is 0 Å². The van der Waals surface area contributed by atoms with Crippen LogP contribution < -0.4 is 15.8 Å². The van der Waals surface area contributed by atoms with Crippen LogP contribution in [0.1, 0.15) is 18.4 Å². The van der Waals surface area contributed by atoms with Gasteiger partial charge in [0.15, 0.2) is 0 Å². The van der Waals surface area contributed by atoms with E-state index in [9.17, 15) is 9.18 Å². The zero-order chi connectivity index (χ0) is 18.4. The number of carbonyl (C=O) groups excluding carboxylic acids is 1. The largest absolute Gasteiger partial charge is 0.489 e.